The number of rotatable bonds is 6. The molecular weight excluding hydrogens is 365 g/mol. The fraction of sp³-hybridized carbons (Fsp3) is 0.526. The molecule has 2 rings (SSSR count). The maximum Gasteiger partial charge on any atom is 0.547 e. The van der Waals surface area contributed by atoms with E-state index in [1.807, 2.05) is 13.8 Å². The van der Waals surface area contributed by atoms with Gasteiger partial charge in [-0.2, -0.15) is 0 Å². The van der Waals surface area contributed by atoms with Crippen molar-refractivity contribution in [2.75, 3.05) is 0 Å². The van der Waals surface area contributed by atoms with Crippen LogP contribution in [0.15, 0.2) is 18.2 Å². The van der Waals surface area contributed by atoms with E-state index in [2.05, 4.69) is 5.32 Å². The van der Waals surface area contributed by atoms with Crippen LogP contribution in [0.4, 0.5) is 0 Å². The minimum absolute atomic E-state index is 0.0894. The number of hydrogen-bond acceptors (Lipinski definition) is 7. The molecule has 1 heterocycles. The summed E-state index contributed by atoms with van der Waals surface area (Å²) in [4.78, 5) is 35.3. The van der Waals surface area contributed by atoms with Gasteiger partial charge in [-0.25, -0.2) is 4.79 Å². The molecule has 0 aromatic heterocycles. The molecule has 2 unspecified atom stereocenters. The summed E-state index contributed by atoms with van der Waals surface area (Å²) in [5, 5.41) is 12.8. The van der Waals surface area contributed by atoms with E-state index in [1.54, 1.807) is 25.1 Å². The first kappa shape index (κ1) is 21.8. The van der Waals surface area contributed by atoms with Crippen LogP contribution in [-0.4, -0.2) is 48.1 Å². The third-order valence-electron chi connectivity index (χ3n) is 4.44. The van der Waals surface area contributed by atoms with Gasteiger partial charge in [0.25, 0.3) is 0 Å². The third-order valence-corrected chi connectivity index (χ3v) is 4.44. The average molecular weight is 391 g/mol. The summed E-state index contributed by atoms with van der Waals surface area (Å²) in [6.45, 7) is 8.03. The summed E-state index contributed by atoms with van der Waals surface area (Å²) in [6.07, 6.45) is -0.946. The molecule has 28 heavy (non-hydrogen) atoms. The molecule has 0 spiro atoms. The molecule has 1 amide bonds. The summed E-state index contributed by atoms with van der Waals surface area (Å²) in [6, 6.07) is 4.98. The number of nitrogens with one attached hydrogen (secondary N) is 1. The summed E-state index contributed by atoms with van der Waals surface area (Å²) >= 11 is 0. The lowest BCUT2D eigenvalue weighted by Gasteiger charge is -2.30. The summed E-state index contributed by atoms with van der Waals surface area (Å²) in [5.74, 6) is -1.85. The lowest BCUT2D eigenvalue weighted by molar-refractivity contribution is -0.152. The number of hydrogen-bond donors (Lipinski definition) is 2. The topological polar surface area (TPSA) is 111 Å². The molecule has 0 saturated heterocycles. The van der Waals surface area contributed by atoms with E-state index in [9.17, 15) is 19.4 Å². The predicted octanol–water partition coefficient (Wildman–Crippen LogP) is 1.28. The number of para-hydroxylation sites is 1. The Bertz CT molecular complexity index is 752. The highest BCUT2D eigenvalue weighted by atomic mass is 16.6. The Morgan fingerprint density at radius 2 is 1.89 bits per heavy atom. The van der Waals surface area contributed by atoms with Gasteiger partial charge in [0.2, 0.25) is 5.91 Å². The Labute approximate surface area is 164 Å². The number of benzene rings is 1. The summed E-state index contributed by atoms with van der Waals surface area (Å²) in [7, 11) is -1.29. The van der Waals surface area contributed by atoms with Crippen molar-refractivity contribution in [2.45, 2.75) is 59.2 Å². The molecule has 152 valence electrons. The number of carbonyl (C=O) groups is 3. The van der Waals surface area contributed by atoms with Crippen molar-refractivity contribution in [3.8, 4) is 5.75 Å². The highest BCUT2D eigenvalue weighted by Gasteiger charge is 2.38. The van der Waals surface area contributed by atoms with Crippen molar-refractivity contribution < 1.29 is 33.5 Å². The van der Waals surface area contributed by atoms with Crippen molar-refractivity contribution in [3.63, 3.8) is 0 Å². The summed E-state index contributed by atoms with van der Waals surface area (Å²) in [5.41, 5.74) is 0.839. The van der Waals surface area contributed by atoms with Crippen LogP contribution in [0.5, 0.6) is 5.75 Å². The van der Waals surface area contributed by atoms with Crippen molar-refractivity contribution in [1.29, 1.82) is 0 Å². The Balaban J connectivity index is 2.23. The maximum absolute atomic E-state index is 12.8. The standard InChI is InChI=1S/C19H26BNO7/c1-10(2)17(11(3)26-13(5)23)27-19(24)15-8-6-7-14-9-16(21-12(4)22)20(25)28-18(14)15/h6-8,10-11,16-17,25H,9H2,1-5H3,(H,21,22)/t11?,16-,17?/m0/s1. The quantitative estimate of drug-likeness (QED) is 0.555. The SMILES string of the molecule is CC(=O)N[C@H]1Cc2cccc(C(=O)OC(C(C)C)C(C)OC(C)=O)c2OB1O. The molecule has 1 aliphatic rings. The molecular formula is C19H26BNO7. The molecule has 0 saturated carbocycles. The fourth-order valence-electron chi connectivity index (χ4n) is 3.26. The first-order chi connectivity index (χ1) is 13.1. The average Bonchev–Trinajstić information content (AvgIpc) is 2.58. The molecule has 9 heteroatoms. The second-order valence-electron chi connectivity index (χ2n) is 7.24. The second-order valence-corrected chi connectivity index (χ2v) is 7.24. The Morgan fingerprint density at radius 3 is 2.46 bits per heavy atom. The minimum Gasteiger partial charge on any atom is -0.534 e. The number of esters is 2. The lowest BCUT2D eigenvalue weighted by Crippen LogP contribution is -2.52. The first-order valence-electron chi connectivity index (χ1n) is 9.22. The normalized spacial score (nSPS) is 17.8. The third kappa shape index (κ3) is 5.25. The molecule has 0 aliphatic carbocycles. The van der Waals surface area contributed by atoms with Gasteiger partial charge in [0, 0.05) is 13.8 Å². The van der Waals surface area contributed by atoms with Gasteiger partial charge in [0.15, 0.2) is 0 Å². The van der Waals surface area contributed by atoms with Crippen molar-refractivity contribution in [1.82, 2.24) is 5.32 Å². The predicted molar refractivity (Wildman–Crippen MR) is 102 cm³/mol. The number of amides is 1. The van der Waals surface area contributed by atoms with Crippen LogP contribution in [0.1, 0.15) is 50.5 Å². The van der Waals surface area contributed by atoms with Crippen LogP contribution in [0.3, 0.4) is 0 Å². The van der Waals surface area contributed by atoms with Gasteiger partial charge in [-0.3, -0.25) is 9.59 Å². The largest absolute Gasteiger partial charge is 0.547 e. The van der Waals surface area contributed by atoms with Gasteiger partial charge in [-0.05, 0) is 30.9 Å². The van der Waals surface area contributed by atoms with Crippen LogP contribution in [0.25, 0.3) is 0 Å². The van der Waals surface area contributed by atoms with E-state index in [-0.39, 0.29) is 23.1 Å². The van der Waals surface area contributed by atoms with Crippen LogP contribution in [0.2, 0.25) is 0 Å². The van der Waals surface area contributed by atoms with Crippen LogP contribution in [0, 0.1) is 5.92 Å². The van der Waals surface area contributed by atoms with E-state index < -0.39 is 37.2 Å². The van der Waals surface area contributed by atoms with Crippen molar-refractivity contribution >= 4 is 25.0 Å². The van der Waals surface area contributed by atoms with E-state index in [0.29, 0.717) is 12.0 Å². The van der Waals surface area contributed by atoms with Gasteiger partial charge in [0.05, 0.1) is 5.94 Å². The van der Waals surface area contributed by atoms with Gasteiger partial charge < -0.3 is 24.5 Å². The van der Waals surface area contributed by atoms with Gasteiger partial charge in [-0.15, -0.1) is 0 Å². The zero-order valence-corrected chi connectivity index (χ0v) is 16.7. The van der Waals surface area contributed by atoms with Crippen LogP contribution >= 0.6 is 0 Å². The Kier molecular flexibility index (Phi) is 7.07. The molecule has 1 aromatic rings. The summed E-state index contributed by atoms with van der Waals surface area (Å²) < 4.78 is 16.3. The lowest BCUT2D eigenvalue weighted by atomic mass is 9.72. The number of carbonyl (C=O) groups excluding carboxylic acids is 3. The highest BCUT2D eigenvalue weighted by Crippen LogP contribution is 2.31. The molecule has 0 bridgehead atoms. The molecule has 8 nitrogen and oxygen atoms in total. The van der Waals surface area contributed by atoms with E-state index in [4.69, 9.17) is 14.1 Å². The monoisotopic (exact) mass is 391 g/mol. The van der Waals surface area contributed by atoms with E-state index in [1.165, 1.54) is 13.8 Å². The molecule has 2 N–H and O–H groups in total. The fourth-order valence-corrected chi connectivity index (χ4v) is 3.26. The van der Waals surface area contributed by atoms with E-state index >= 15 is 0 Å². The van der Waals surface area contributed by atoms with E-state index in [0.717, 1.165) is 0 Å². The van der Waals surface area contributed by atoms with Crippen LogP contribution < -0.4 is 9.97 Å². The zero-order chi connectivity index (χ0) is 21.0. The smallest absolute Gasteiger partial charge is 0.534 e. The first-order valence-corrected chi connectivity index (χ1v) is 9.22. The highest BCUT2D eigenvalue weighted by molar-refractivity contribution is 6.47. The molecule has 1 aliphatic heterocycles. The number of ether oxygens (including phenoxy) is 2. The number of fused-ring (bicyclic) bond motifs is 1. The Morgan fingerprint density at radius 1 is 1.21 bits per heavy atom. The van der Waals surface area contributed by atoms with Gasteiger partial charge in [-0.1, -0.05) is 26.0 Å². The van der Waals surface area contributed by atoms with Gasteiger partial charge >= 0.3 is 19.1 Å². The van der Waals surface area contributed by atoms with Gasteiger partial charge in [0.1, 0.15) is 23.5 Å². The molecule has 3 atom stereocenters. The Hall–Kier alpha value is -2.55. The molecule has 0 fully saturated rings. The molecule has 0 radical (unpaired) electrons. The van der Waals surface area contributed by atoms with Crippen molar-refractivity contribution in [2.24, 2.45) is 5.92 Å². The molecule has 1 aromatic carbocycles. The zero-order valence-electron chi connectivity index (χ0n) is 16.7. The maximum atomic E-state index is 12.8. The van der Waals surface area contributed by atoms with Crippen molar-refractivity contribution in [3.05, 3.63) is 29.3 Å². The van der Waals surface area contributed by atoms with Crippen LogP contribution in [-0.2, 0) is 25.5 Å². The second kappa shape index (κ2) is 9.10. The minimum atomic E-state index is -1.29.